The van der Waals surface area contributed by atoms with Gasteiger partial charge in [-0.15, -0.1) is 10.2 Å². The van der Waals surface area contributed by atoms with Crippen molar-refractivity contribution in [2.45, 2.75) is 19.4 Å². The summed E-state index contributed by atoms with van der Waals surface area (Å²) in [6.07, 6.45) is 1.86. The van der Waals surface area contributed by atoms with Crippen LogP contribution in [0.25, 0.3) is 10.2 Å². The second-order valence-electron chi connectivity index (χ2n) is 7.19. The van der Waals surface area contributed by atoms with Gasteiger partial charge in [0.15, 0.2) is 5.13 Å². The largest absolute Gasteiger partial charge is 0.379 e. The number of rotatable bonds is 5. The molecule has 152 valence electrons. The highest BCUT2D eigenvalue weighted by Gasteiger charge is 2.29. The number of nitrogens with zero attached hydrogens (tertiary/aromatic N) is 6. The number of para-hydroxylation sites is 1. The predicted octanol–water partition coefficient (Wildman–Crippen LogP) is 2.47. The second kappa shape index (κ2) is 7.98. The van der Waals surface area contributed by atoms with Crippen LogP contribution in [0.5, 0.6) is 0 Å². The SMILES string of the molecule is O=C(c1nnc2n1CCC2)N(CCN1CCOCC1)c1nc2c(Cl)cccc2s1. The molecule has 0 spiro atoms. The van der Waals surface area contributed by atoms with Gasteiger partial charge in [-0.3, -0.25) is 14.6 Å². The number of hydrogen-bond donors (Lipinski definition) is 0. The maximum Gasteiger partial charge on any atom is 0.298 e. The Bertz CT molecular complexity index is 1040. The van der Waals surface area contributed by atoms with E-state index in [0.717, 1.165) is 68.3 Å². The summed E-state index contributed by atoms with van der Waals surface area (Å²) < 4.78 is 8.33. The molecule has 3 aromatic rings. The Morgan fingerprint density at radius 2 is 2.10 bits per heavy atom. The summed E-state index contributed by atoms with van der Waals surface area (Å²) in [7, 11) is 0. The van der Waals surface area contributed by atoms with Gasteiger partial charge >= 0.3 is 0 Å². The Morgan fingerprint density at radius 3 is 2.93 bits per heavy atom. The number of carbonyl (C=O) groups excluding carboxylic acids is 1. The van der Waals surface area contributed by atoms with Gasteiger partial charge in [-0.1, -0.05) is 29.0 Å². The van der Waals surface area contributed by atoms with Gasteiger partial charge in [0.25, 0.3) is 5.91 Å². The van der Waals surface area contributed by atoms with Crippen molar-refractivity contribution in [3.8, 4) is 0 Å². The number of hydrogen-bond acceptors (Lipinski definition) is 7. The smallest absolute Gasteiger partial charge is 0.298 e. The molecule has 0 aliphatic carbocycles. The maximum atomic E-state index is 13.5. The van der Waals surface area contributed by atoms with Crippen LogP contribution >= 0.6 is 22.9 Å². The van der Waals surface area contributed by atoms with Crippen molar-refractivity contribution in [3.63, 3.8) is 0 Å². The molecule has 2 aromatic heterocycles. The molecule has 0 saturated carbocycles. The van der Waals surface area contributed by atoms with Crippen LogP contribution in [-0.2, 0) is 17.7 Å². The number of morpholine rings is 1. The molecule has 29 heavy (non-hydrogen) atoms. The number of ether oxygens (including phenoxy) is 1. The van der Waals surface area contributed by atoms with Gasteiger partial charge in [0, 0.05) is 39.1 Å². The van der Waals surface area contributed by atoms with Gasteiger partial charge < -0.3 is 9.30 Å². The molecule has 0 radical (unpaired) electrons. The molecule has 5 rings (SSSR count). The van der Waals surface area contributed by atoms with Crippen LogP contribution < -0.4 is 4.90 Å². The molecule has 0 unspecified atom stereocenters. The van der Waals surface area contributed by atoms with E-state index in [2.05, 4.69) is 15.1 Å². The van der Waals surface area contributed by atoms with Crippen molar-refractivity contribution >= 4 is 44.2 Å². The van der Waals surface area contributed by atoms with E-state index in [-0.39, 0.29) is 5.91 Å². The number of benzene rings is 1. The van der Waals surface area contributed by atoms with Crippen LogP contribution in [-0.4, -0.2) is 69.9 Å². The average molecular weight is 433 g/mol. The zero-order chi connectivity index (χ0) is 19.8. The first-order valence-electron chi connectivity index (χ1n) is 9.80. The molecule has 1 fully saturated rings. The van der Waals surface area contributed by atoms with E-state index in [9.17, 15) is 4.79 Å². The van der Waals surface area contributed by atoms with Gasteiger partial charge in [-0.2, -0.15) is 0 Å². The van der Waals surface area contributed by atoms with Crippen LogP contribution in [0.1, 0.15) is 22.9 Å². The summed E-state index contributed by atoms with van der Waals surface area (Å²) in [4.78, 5) is 22.2. The van der Waals surface area contributed by atoms with Gasteiger partial charge in [0.05, 0.1) is 22.9 Å². The number of carbonyl (C=O) groups is 1. The zero-order valence-corrected chi connectivity index (χ0v) is 17.5. The maximum absolute atomic E-state index is 13.5. The van der Waals surface area contributed by atoms with Gasteiger partial charge in [-0.25, -0.2) is 4.98 Å². The number of amides is 1. The summed E-state index contributed by atoms with van der Waals surface area (Å²) in [5.74, 6) is 1.12. The summed E-state index contributed by atoms with van der Waals surface area (Å²) in [5, 5.41) is 9.62. The van der Waals surface area contributed by atoms with Gasteiger partial charge in [0.2, 0.25) is 5.82 Å². The van der Waals surface area contributed by atoms with E-state index in [0.29, 0.717) is 22.5 Å². The Labute approximate surface area is 177 Å². The first-order chi connectivity index (χ1) is 14.2. The van der Waals surface area contributed by atoms with Crippen LogP contribution in [0.3, 0.4) is 0 Å². The van der Waals surface area contributed by atoms with Crippen molar-refractivity contribution < 1.29 is 9.53 Å². The fourth-order valence-electron chi connectivity index (χ4n) is 3.80. The molecule has 10 heteroatoms. The monoisotopic (exact) mass is 432 g/mol. The van der Waals surface area contributed by atoms with Crippen LogP contribution in [0, 0.1) is 0 Å². The third kappa shape index (κ3) is 3.63. The molecule has 2 aliphatic rings. The standard InChI is InChI=1S/C19H21ClN6O2S/c20-13-3-1-4-14-16(13)21-19(29-14)26(8-7-24-9-11-28-12-10-24)18(27)17-23-22-15-5-2-6-25(15)17/h1,3-4H,2,5-12H2. The fraction of sp³-hybridized carbons (Fsp3) is 0.474. The lowest BCUT2D eigenvalue weighted by Gasteiger charge is -2.29. The van der Waals surface area contributed by atoms with E-state index in [4.69, 9.17) is 21.3 Å². The summed E-state index contributed by atoms with van der Waals surface area (Å²) in [6.45, 7) is 5.25. The lowest BCUT2D eigenvalue weighted by molar-refractivity contribution is 0.0390. The molecule has 8 nitrogen and oxygen atoms in total. The summed E-state index contributed by atoms with van der Waals surface area (Å²) in [5.41, 5.74) is 0.727. The highest BCUT2D eigenvalue weighted by molar-refractivity contribution is 7.22. The molecule has 1 aromatic carbocycles. The minimum absolute atomic E-state index is 0.158. The normalized spacial score (nSPS) is 17.0. The number of aryl methyl sites for hydroxylation is 1. The van der Waals surface area contributed by atoms with Crippen LogP contribution in [0.2, 0.25) is 5.02 Å². The van der Waals surface area contributed by atoms with E-state index in [1.807, 2.05) is 22.8 Å². The highest BCUT2D eigenvalue weighted by atomic mass is 35.5. The topological polar surface area (TPSA) is 76.4 Å². The van der Waals surface area contributed by atoms with Crippen molar-refractivity contribution in [2.24, 2.45) is 0 Å². The molecular formula is C19H21ClN6O2S. The molecule has 4 heterocycles. The third-order valence-electron chi connectivity index (χ3n) is 5.38. The Balaban J connectivity index is 1.47. The van der Waals surface area contributed by atoms with Crippen LogP contribution in [0.15, 0.2) is 18.2 Å². The van der Waals surface area contributed by atoms with E-state index >= 15 is 0 Å². The highest BCUT2D eigenvalue weighted by Crippen LogP contribution is 2.33. The van der Waals surface area contributed by atoms with Gasteiger partial charge in [0.1, 0.15) is 11.3 Å². The van der Waals surface area contributed by atoms with Crippen molar-refractivity contribution in [1.29, 1.82) is 0 Å². The lowest BCUT2D eigenvalue weighted by Crippen LogP contribution is -2.43. The van der Waals surface area contributed by atoms with Gasteiger partial charge in [-0.05, 0) is 18.6 Å². The molecule has 1 saturated heterocycles. The fourth-order valence-corrected chi connectivity index (χ4v) is 5.09. The third-order valence-corrected chi connectivity index (χ3v) is 6.73. The lowest BCUT2D eigenvalue weighted by atomic mass is 10.3. The first kappa shape index (κ1) is 18.9. The Kier molecular flexibility index (Phi) is 5.21. The Morgan fingerprint density at radius 1 is 1.24 bits per heavy atom. The molecule has 0 N–H and O–H groups in total. The molecule has 0 atom stereocenters. The Hall–Kier alpha value is -2.07. The van der Waals surface area contributed by atoms with Crippen molar-refractivity contribution in [2.75, 3.05) is 44.3 Å². The van der Waals surface area contributed by atoms with E-state index < -0.39 is 0 Å². The second-order valence-corrected chi connectivity index (χ2v) is 8.61. The molecular weight excluding hydrogens is 412 g/mol. The van der Waals surface area contributed by atoms with Crippen LogP contribution in [0.4, 0.5) is 5.13 Å². The van der Waals surface area contributed by atoms with E-state index in [1.54, 1.807) is 4.90 Å². The number of halogens is 1. The quantitative estimate of drug-likeness (QED) is 0.616. The van der Waals surface area contributed by atoms with Crippen molar-refractivity contribution in [3.05, 3.63) is 34.9 Å². The minimum Gasteiger partial charge on any atom is -0.379 e. The van der Waals surface area contributed by atoms with Crippen molar-refractivity contribution in [1.82, 2.24) is 24.6 Å². The number of fused-ring (bicyclic) bond motifs is 2. The summed E-state index contributed by atoms with van der Waals surface area (Å²) in [6, 6.07) is 5.69. The molecule has 2 aliphatic heterocycles. The average Bonchev–Trinajstić information content (AvgIpc) is 3.45. The van der Waals surface area contributed by atoms with E-state index in [1.165, 1.54) is 11.3 Å². The zero-order valence-electron chi connectivity index (χ0n) is 15.9. The number of thiazole rings is 1. The first-order valence-corrected chi connectivity index (χ1v) is 11.0. The summed E-state index contributed by atoms with van der Waals surface area (Å²) >= 11 is 7.80. The minimum atomic E-state index is -0.158. The predicted molar refractivity (Wildman–Crippen MR) is 112 cm³/mol. The number of anilines is 1. The number of aromatic nitrogens is 4. The molecule has 1 amide bonds. The molecule has 0 bridgehead atoms.